The molecule has 0 aliphatic carbocycles. The molecule has 0 spiro atoms. The molecule has 0 aliphatic rings. The maximum atomic E-state index is 9.72. The SMILES string of the molecule is CCCCCCCCCCCCCC(O)NC(O)CCC. The van der Waals surface area contributed by atoms with E-state index >= 15 is 0 Å². The van der Waals surface area contributed by atoms with Gasteiger partial charge in [0.1, 0.15) is 12.5 Å². The molecule has 0 fully saturated rings. The average Bonchev–Trinajstić information content (AvgIpc) is 2.45. The van der Waals surface area contributed by atoms with Crippen molar-refractivity contribution in [2.45, 2.75) is 116 Å². The van der Waals surface area contributed by atoms with E-state index in [1.165, 1.54) is 64.2 Å². The Kier molecular flexibility index (Phi) is 16.2. The quantitative estimate of drug-likeness (QED) is 0.286. The largest absolute Gasteiger partial charge is 0.379 e. The van der Waals surface area contributed by atoms with Crippen LogP contribution in [0.15, 0.2) is 0 Å². The molecule has 3 heteroatoms. The van der Waals surface area contributed by atoms with Crippen molar-refractivity contribution in [2.75, 3.05) is 0 Å². The number of rotatable bonds is 16. The Morgan fingerprint density at radius 2 is 1.00 bits per heavy atom. The van der Waals surface area contributed by atoms with E-state index in [0.717, 1.165) is 19.3 Å². The summed E-state index contributed by atoms with van der Waals surface area (Å²) in [6.45, 7) is 4.29. The zero-order chi connectivity index (χ0) is 15.8. The second-order valence-electron chi connectivity index (χ2n) is 6.31. The van der Waals surface area contributed by atoms with Crippen LogP contribution >= 0.6 is 0 Å². The molecular formula is C18H39NO2. The number of unbranched alkanes of at least 4 members (excludes halogenated alkanes) is 10. The first-order valence-corrected chi connectivity index (χ1v) is 9.32. The molecule has 2 unspecified atom stereocenters. The van der Waals surface area contributed by atoms with E-state index in [-0.39, 0.29) is 0 Å². The molecule has 0 heterocycles. The van der Waals surface area contributed by atoms with Crippen molar-refractivity contribution in [3.63, 3.8) is 0 Å². The van der Waals surface area contributed by atoms with Gasteiger partial charge in [-0.25, -0.2) is 0 Å². The molecule has 0 aromatic carbocycles. The highest BCUT2D eigenvalue weighted by atomic mass is 16.3. The molecule has 0 aromatic rings. The number of hydrogen-bond acceptors (Lipinski definition) is 3. The second-order valence-corrected chi connectivity index (χ2v) is 6.31. The fourth-order valence-corrected chi connectivity index (χ4v) is 2.66. The van der Waals surface area contributed by atoms with E-state index < -0.39 is 12.5 Å². The lowest BCUT2D eigenvalue weighted by atomic mass is 10.1. The predicted molar refractivity (Wildman–Crippen MR) is 91.1 cm³/mol. The van der Waals surface area contributed by atoms with E-state index in [0.29, 0.717) is 6.42 Å². The van der Waals surface area contributed by atoms with Crippen molar-refractivity contribution >= 4 is 0 Å². The third-order valence-corrected chi connectivity index (χ3v) is 4.03. The first-order chi connectivity index (χ1) is 10.2. The van der Waals surface area contributed by atoms with Gasteiger partial charge in [-0.15, -0.1) is 0 Å². The van der Waals surface area contributed by atoms with Crippen molar-refractivity contribution in [1.29, 1.82) is 0 Å². The smallest absolute Gasteiger partial charge is 0.106 e. The Morgan fingerprint density at radius 3 is 1.48 bits per heavy atom. The molecule has 0 amide bonds. The van der Waals surface area contributed by atoms with Crippen molar-refractivity contribution < 1.29 is 10.2 Å². The van der Waals surface area contributed by atoms with E-state index in [9.17, 15) is 10.2 Å². The molecule has 21 heavy (non-hydrogen) atoms. The fourth-order valence-electron chi connectivity index (χ4n) is 2.66. The van der Waals surface area contributed by atoms with Gasteiger partial charge < -0.3 is 10.2 Å². The van der Waals surface area contributed by atoms with Gasteiger partial charge in [0.25, 0.3) is 0 Å². The summed E-state index contributed by atoms with van der Waals surface area (Å²) in [6, 6.07) is 0. The minimum atomic E-state index is -0.558. The summed E-state index contributed by atoms with van der Waals surface area (Å²) in [6.07, 6.45) is 15.8. The van der Waals surface area contributed by atoms with E-state index in [2.05, 4.69) is 12.2 Å². The van der Waals surface area contributed by atoms with Crippen LogP contribution in [-0.2, 0) is 0 Å². The molecule has 3 nitrogen and oxygen atoms in total. The zero-order valence-corrected chi connectivity index (χ0v) is 14.4. The Bertz CT molecular complexity index is 200. The molecule has 0 aromatic heterocycles. The van der Waals surface area contributed by atoms with Gasteiger partial charge in [0.2, 0.25) is 0 Å². The standard InChI is InChI=1S/C18H39NO2/c1-3-5-6-7-8-9-10-11-12-13-14-16-18(21)19-17(20)15-4-2/h17-21H,3-16H2,1-2H3. The summed E-state index contributed by atoms with van der Waals surface area (Å²) in [4.78, 5) is 0. The molecule has 0 saturated heterocycles. The van der Waals surface area contributed by atoms with Crippen molar-refractivity contribution in [2.24, 2.45) is 0 Å². The van der Waals surface area contributed by atoms with Crippen LogP contribution < -0.4 is 5.32 Å². The Hall–Kier alpha value is -0.120. The van der Waals surface area contributed by atoms with Gasteiger partial charge in [0, 0.05) is 0 Å². The summed E-state index contributed by atoms with van der Waals surface area (Å²) in [7, 11) is 0. The van der Waals surface area contributed by atoms with Crippen LogP contribution in [0.2, 0.25) is 0 Å². The van der Waals surface area contributed by atoms with Gasteiger partial charge in [0.05, 0.1) is 0 Å². The molecule has 3 N–H and O–H groups in total. The third-order valence-electron chi connectivity index (χ3n) is 4.03. The molecule has 0 aliphatic heterocycles. The van der Waals surface area contributed by atoms with Crippen LogP contribution in [0, 0.1) is 0 Å². The normalized spacial score (nSPS) is 14.3. The molecular weight excluding hydrogens is 262 g/mol. The zero-order valence-electron chi connectivity index (χ0n) is 14.4. The van der Waals surface area contributed by atoms with Crippen LogP contribution in [0.5, 0.6) is 0 Å². The van der Waals surface area contributed by atoms with Crippen LogP contribution in [0.3, 0.4) is 0 Å². The molecule has 0 bridgehead atoms. The molecule has 0 rings (SSSR count). The highest BCUT2D eigenvalue weighted by molar-refractivity contribution is 4.58. The van der Waals surface area contributed by atoms with Gasteiger partial charge in [-0.1, -0.05) is 84.5 Å². The summed E-state index contributed by atoms with van der Waals surface area (Å²) in [5, 5.41) is 22.1. The average molecular weight is 302 g/mol. The van der Waals surface area contributed by atoms with E-state index in [1.54, 1.807) is 0 Å². The number of nitrogens with one attached hydrogen (secondary N) is 1. The second kappa shape index (κ2) is 16.3. The van der Waals surface area contributed by atoms with E-state index in [4.69, 9.17) is 0 Å². The maximum absolute atomic E-state index is 9.72. The fraction of sp³-hybridized carbons (Fsp3) is 1.00. The monoisotopic (exact) mass is 301 g/mol. The highest BCUT2D eigenvalue weighted by Crippen LogP contribution is 2.12. The summed E-state index contributed by atoms with van der Waals surface area (Å²) in [5.74, 6) is 0. The van der Waals surface area contributed by atoms with Crippen molar-refractivity contribution in [1.82, 2.24) is 5.32 Å². The minimum Gasteiger partial charge on any atom is -0.379 e. The van der Waals surface area contributed by atoms with Gasteiger partial charge in [-0.2, -0.15) is 0 Å². The number of aliphatic hydroxyl groups is 2. The van der Waals surface area contributed by atoms with Gasteiger partial charge in [0.15, 0.2) is 0 Å². The first kappa shape index (κ1) is 20.9. The Balaban J connectivity index is 3.17. The molecule has 2 atom stereocenters. The lowest BCUT2D eigenvalue weighted by Gasteiger charge is -2.17. The lowest BCUT2D eigenvalue weighted by molar-refractivity contribution is 0.0320. The summed E-state index contributed by atoms with van der Waals surface area (Å²) >= 11 is 0. The predicted octanol–water partition coefficient (Wildman–Crippen LogP) is 4.71. The van der Waals surface area contributed by atoms with Gasteiger partial charge >= 0.3 is 0 Å². The highest BCUT2D eigenvalue weighted by Gasteiger charge is 2.08. The summed E-state index contributed by atoms with van der Waals surface area (Å²) in [5.41, 5.74) is 0. The van der Waals surface area contributed by atoms with Crippen LogP contribution in [0.4, 0.5) is 0 Å². The Morgan fingerprint density at radius 1 is 0.571 bits per heavy atom. The Labute approximate surface area is 132 Å². The molecule has 0 radical (unpaired) electrons. The minimum absolute atomic E-state index is 0.551. The van der Waals surface area contributed by atoms with Crippen molar-refractivity contribution in [3.8, 4) is 0 Å². The third kappa shape index (κ3) is 16.1. The molecule has 128 valence electrons. The number of hydrogen-bond donors (Lipinski definition) is 3. The topological polar surface area (TPSA) is 52.5 Å². The van der Waals surface area contributed by atoms with E-state index in [1.807, 2.05) is 6.92 Å². The van der Waals surface area contributed by atoms with Crippen LogP contribution in [0.1, 0.15) is 104 Å². The van der Waals surface area contributed by atoms with Crippen LogP contribution in [0.25, 0.3) is 0 Å². The van der Waals surface area contributed by atoms with Crippen molar-refractivity contribution in [3.05, 3.63) is 0 Å². The van der Waals surface area contributed by atoms with Gasteiger partial charge in [-0.3, -0.25) is 5.32 Å². The molecule has 0 saturated carbocycles. The maximum Gasteiger partial charge on any atom is 0.106 e. The van der Waals surface area contributed by atoms with Crippen LogP contribution in [-0.4, -0.2) is 22.7 Å². The lowest BCUT2D eigenvalue weighted by Crippen LogP contribution is -2.37. The summed E-state index contributed by atoms with van der Waals surface area (Å²) < 4.78 is 0. The first-order valence-electron chi connectivity index (χ1n) is 9.32. The van der Waals surface area contributed by atoms with Gasteiger partial charge in [-0.05, 0) is 19.3 Å². The number of aliphatic hydroxyl groups excluding tert-OH is 2.